The highest BCUT2D eigenvalue weighted by Crippen LogP contribution is 2.28. The van der Waals surface area contributed by atoms with E-state index >= 15 is 0 Å². The minimum Gasteiger partial charge on any atom is -0.449 e. The SMILES string of the molecule is CCCCCCOC(=O)NC(=N)c1ccc(NCc2nc3cc(C(=O)N(CCC(=O)Oc4ccccc4OC(F)F)c4ccccn4)ccc3n2C)cc1. The summed E-state index contributed by atoms with van der Waals surface area (Å²) in [4.78, 5) is 49.1. The number of alkyl carbamates (subject to hydrolysis) is 1. The Bertz CT molecular complexity index is 2060. The van der Waals surface area contributed by atoms with E-state index in [2.05, 4.69) is 27.3 Å². The second-order valence-corrected chi connectivity index (χ2v) is 12.1. The number of ether oxygens (including phenoxy) is 3. The number of aryl methyl sites for hydroxylation is 1. The van der Waals surface area contributed by atoms with E-state index in [9.17, 15) is 23.2 Å². The van der Waals surface area contributed by atoms with Gasteiger partial charge in [0.2, 0.25) is 0 Å². The van der Waals surface area contributed by atoms with Crippen molar-refractivity contribution in [3.8, 4) is 11.5 Å². The molecule has 0 aliphatic heterocycles. The highest BCUT2D eigenvalue weighted by Gasteiger charge is 2.23. The number of nitrogens with one attached hydrogen (secondary N) is 3. The zero-order valence-electron chi connectivity index (χ0n) is 29.9. The van der Waals surface area contributed by atoms with Crippen LogP contribution in [0.25, 0.3) is 11.0 Å². The lowest BCUT2D eigenvalue weighted by Gasteiger charge is -2.21. The third kappa shape index (κ3) is 10.6. The quantitative estimate of drug-likeness (QED) is 0.0289. The number of hydrogen-bond donors (Lipinski definition) is 3. The summed E-state index contributed by atoms with van der Waals surface area (Å²) in [6.45, 7) is -0.442. The van der Waals surface area contributed by atoms with Gasteiger partial charge in [0, 0.05) is 36.6 Å². The molecule has 282 valence electrons. The molecule has 0 fully saturated rings. The maximum atomic E-state index is 13.9. The van der Waals surface area contributed by atoms with Gasteiger partial charge in [-0.2, -0.15) is 8.78 Å². The van der Waals surface area contributed by atoms with Gasteiger partial charge in [0.25, 0.3) is 5.91 Å². The number of alkyl halides is 2. The highest BCUT2D eigenvalue weighted by atomic mass is 19.3. The van der Waals surface area contributed by atoms with Crippen LogP contribution in [0, 0.1) is 5.41 Å². The summed E-state index contributed by atoms with van der Waals surface area (Å²) >= 11 is 0. The maximum Gasteiger partial charge on any atom is 0.412 e. The van der Waals surface area contributed by atoms with Crippen LogP contribution in [0.15, 0.2) is 91.1 Å². The van der Waals surface area contributed by atoms with Gasteiger partial charge >= 0.3 is 18.7 Å². The standard InChI is InChI=1S/C39H41F2N7O6/c1-3-4-5-10-23-52-39(51)46-36(42)26-14-17-28(18-15-26)44-25-34-45-29-24-27(16-19-30(29)47(34)2)37(50)48(33-13-8-9-21-43-33)22-20-35(49)53-31-11-6-7-12-32(31)54-38(40)41/h6-9,11-19,21,24,38,44H,3-5,10,20,22-23,25H2,1-2H3,(H2,42,46,51). The van der Waals surface area contributed by atoms with E-state index in [0.29, 0.717) is 41.4 Å². The Kier molecular flexibility index (Phi) is 13.6. The number of pyridine rings is 1. The number of benzene rings is 3. The summed E-state index contributed by atoms with van der Waals surface area (Å²) in [6.07, 6.45) is 4.55. The highest BCUT2D eigenvalue weighted by molar-refractivity contribution is 6.07. The van der Waals surface area contributed by atoms with E-state index < -0.39 is 24.6 Å². The molecule has 2 amide bonds. The molecule has 13 nitrogen and oxygen atoms in total. The minimum atomic E-state index is -3.10. The van der Waals surface area contributed by atoms with Crippen molar-refractivity contribution in [3.63, 3.8) is 0 Å². The van der Waals surface area contributed by atoms with E-state index in [4.69, 9.17) is 19.9 Å². The molecular formula is C39H41F2N7O6. The van der Waals surface area contributed by atoms with Gasteiger partial charge in [-0.15, -0.1) is 0 Å². The molecule has 2 heterocycles. The Morgan fingerprint density at radius 2 is 1.67 bits per heavy atom. The lowest BCUT2D eigenvalue weighted by Crippen LogP contribution is -2.34. The molecule has 0 unspecified atom stereocenters. The molecule has 5 rings (SSSR count). The number of carbonyl (C=O) groups excluding carboxylic acids is 3. The first-order valence-corrected chi connectivity index (χ1v) is 17.4. The van der Waals surface area contributed by atoms with E-state index in [-0.39, 0.29) is 30.3 Å². The monoisotopic (exact) mass is 741 g/mol. The molecule has 0 spiro atoms. The lowest BCUT2D eigenvalue weighted by molar-refractivity contribution is -0.134. The Hall–Kier alpha value is -6.38. The molecule has 3 aromatic carbocycles. The van der Waals surface area contributed by atoms with Crippen molar-refractivity contribution in [3.05, 3.63) is 108 Å². The van der Waals surface area contributed by atoms with Crippen LogP contribution in [-0.4, -0.2) is 58.1 Å². The molecule has 0 saturated carbocycles. The van der Waals surface area contributed by atoms with Crippen molar-refractivity contribution >= 4 is 46.3 Å². The molecule has 0 bridgehead atoms. The van der Waals surface area contributed by atoms with Gasteiger partial charge in [0.1, 0.15) is 17.5 Å². The normalized spacial score (nSPS) is 10.9. The number of esters is 1. The van der Waals surface area contributed by atoms with Crippen molar-refractivity contribution in [1.29, 1.82) is 5.41 Å². The number of aromatic nitrogens is 3. The minimum absolute atomic E-state index is 0.0640. The van der Waals surface area contributed by atoms with Gasteiger partial charge in [-0.25, -0.2) is 14.8 Å². The fourth-order valence-electron chi connectivity index (χ4n) is 5.47. The number of para-hydroxylation sites is 2. The van der Waals surface area contributed by atoms with Crippen molar-refractivity contribution in [1.82, 2.24) is 19.9 Å². The van der Waals surface area contributed by atoms with Crippen molar-refractivity contribution in [2.24, 2.45) is 7.05 Å². The molecular weight excluding hydrogens is 700 g/mol. The van der Waals surface area contributed by atoms with Crippen LogP contribution >= 0.6 is 0 Å². The van der Waals surface area contributed by atoms with Crippen molar-refractivity contribution < 1.29 is 37.4 Å². The second-order valence-electron chi connectivity index (χ2n) is 12.1. The topological polar surface area (TPSA) is 161 Å². The molecule has 0 saturated heterocycles. The van der Waals surface area contributed by atoms with Crippen LogP contribution in [0.1, 0.15) is 60.8 Å². The Labute approximate surface area is 310 Å². The smallest absolute Gasteiger partial charge is 0.412 e. The molecule has 2 aromatic heterocycles. The van der Waals surface area contributed by atoms with Gasteiger partial charge in [-0.05, 0) is 73.2 Å². The Balaban J connectivity index is 1.21. The fourth-order valence-corrected chi connectivity index (χ4v) is 5.47. The summed E-state index contributed by atoms with van der Waals surface area (Å²) in [7, 11) is 1.86. The van der Waals surface area contributed by atoms with Gasteiger partial charge in [0.15, 0.2) is 11.5 Å². The predicted octanol–water partition coefficient (Wildman–Crippen LogP) is 7.46. The van der Waals surface area contributed by atoms with E-state index in [1.165, 1.54) is 35.4 Å². The van der Waals surface area contributed by atoms with Gasteiger partial charge in [0.05, 0.1) is 30.6 Å². The van der Waals surface area contributed by atoms with Crippen LogP contribution in [0.5, 0.6) is 11.5 Å². The van der Waals surface area contributed by atoms with E-state index in [0.717, 1.165) is 36.9 Å². The summed E-state index contributed by atoms with van der Waals surface area (Å²) < 4.78 is 42.4. The van der Waals surface area contributed by atoms with Crippen LogP contribution in [0.2, 0.25) is 0 Å². The molecule has 0 aliphatic rings. The number of anilines is 2. The first kappa shape index (κ1) is 38.8. The molecule has 0 atom stereocenters. The molecule has 5 aromatic rings. The first-order chi connectivity index (χ1) is 26.1. The maximum absolute atomic E-state index is 13.9. The number of unbranched alkanes of at least 4 members (excludes halogenated alkanes) is 3. The van der Waals surface area contributed by atoms with E-state index in [1.54, 1.807) is 60.7 Å². The van der Waals surface area contributed by atoms with Crippen LogP contribution < -0.4 is 25.0 Å². The number of halogens is 2. The van der Waals surface area contributed by atoms with Crippen LogP contribution in [0.3, 0.4) is 0 Å². The number of hydrogen-bond acceptors (Lipinski definition) is 10. The van der Waals surface area contributed by atoms with Crippen molar-refractivity contribution in [2.75, 3.05) is 23.4 Å². The summed E-state index contributed by atoms with van der Waals surface area (Å²) in [5, 5.41) is 14.0. The summed E-state index contributed by atoms with van der Waals surface area (Å²) in [5.74, 6) is -0.716. The third-order valence-electron chi connectivity index (χ3n) is 8.30. The van der Waals surface area contributed by atoms with Gasteiger partial charge in [-0.3, -0.25) is 25.2 Å². The number of rotatable bonds is 17. The number of fused-ring (bicyclic) bond motifs is 1. The number of imidazole rings is 1. The Morgan fingerprint density at radius 1 is 0.926 bits per heavy atom. The molecule has 3 N–H and O–H groups in total. The second kappa shape index (κ2) is 18.9. The molecule has 15 heteroatoms. The predicted molar refractivity (Wildman–Crippen MR) is 199 cm³/mol. The summed E-state index contributed by atoms with van der Waals surface area (Å²) in [5.41, 5.74) is 2.95. The van der Waals surface area contributed by atoms with Gasteiger partial charge in [-0.1, -0.05) is 44.4 Å². The molecule has 0 radical (unpaired) electrons. The number of nitrogens with zero attached hydrogens (tertiary/aromatic N) is 4. The molecule has 54 heavy (non-hydrogen) atoms. The zero-order chi connectivity index (χ0) is 38.5. The van der Waals surface area contributed by atoms with Crippen LogP contribution in [-0.2, 0) is 23.1 Å². The number of amidine groups is 1. The average Bonchev–Trinajstić information content (AvgIpc) is 3.49. The number of carbonyl (C=O) groups is 3. The number of amides is 2. The average molecular weight is 742 g/mol. The summed E-state index contributed by atoms with van der Waals surface area (Å²) in [6, 6.07) is 22.8. The third-order valence-corrected chi connectivity index (χ3v) is 8.30. The fraction of sp³-hybridized carbons (Fsp3) is 0.282. The van der Waals surface area contributed by atoms with Crippen LogP contribution in [0.4, 0.5) is 25.1 Å². The first-order valence-electron chi connectivity index (χ1n) is 17.4. The van der Waals surface area contributed by atoms with Gasteiger partial charge < -0.3 is 24.1 Å². The Morgan fingerprint density at radius 3 is 2.39 bits per heavy atom. The van der Waals surface area contributed by atoms with E-state index in [1.807, 2.05) is 11.6 Å². The largest absolute Gasteiger partial charge is 0.449 e. The molecule has 0 aliphatic carbocycles. The zero-order valence-corrected chi connectivity index (χ0v) is 29.9. The lowest BCUT2D eigenvalue weighted by atomic mass is 10.1. The van der Waals surface area contributed by atoms with Crippen molar-refractivity contribution in [2.45, 2.75) is 52.2 Å².